The van der Waals surface area contributed by atoms with E-state index in [1.165, 1.54) is 0 Å². The summed E-state index contributed by atoms with van der Waals surface area (Å²) < 4.78 is 0. The highest BCUT2D eigenvalue weighted by Crippen LogP contribution is 2.27. The molecule has 0 saturated heterocycles. The summed E-state index contributed by atoms with van der Waals surface area (Å²) in [7, 11) is 0. The Hall–Kier alpha value is -2.42. The number of nitrogens with one attached hydrogen (secondary N) is 1. The van der Waals surface area contributed by atoms with Gasteiger partial charge in [-0.25, -0.2) is 0 Å². The Kier molecular flexibility index (Phi) is 4.28. The van der Waals surface area contributed by atoms with Crippen molar-refractivity contribution in [3.63, 3.8) is 0 Å². The predicted octanol–water partition coefficient (Wildman–Crippen LogP) is 4.20. The molecule has 2 atom stereocenters. The lowest BCUT2D eigenvalue weighted by Gasteiger charge is -2.17. The Morgan fingerprint density at radius 3 is 2.61 bits per heavy atom. The van der Waals surface area contributed by atoms with Gasteiger partial charge in [-0.3, -0.25) is 9.79 Å². The molecule has 2 unspecified atom stereocenters. The van der Waals surface area contributed by atoms with Crippen molar-refractivity contribution in [2.24, 2.45) is 10.9 Å². The first-order valence-corrected chi connectivity index (χ1v) is 8.15. The fourth-order valence-electron chi connectivity index (χ4n) is 2.87. The Labute approximate surface area is 137 Å². The summed E-state index contributed by atoms with van der Waals surface area (Å²) in [6.07, 6.45) is 0.916. The van der Waals surface area contributed by atoms with E-state index in [9.17, 15) is 4.79 Å². The fourth-order valence-corrected chi connectivity index (χ4v) is 2.87. The van der Waals surface area contributed by atoms with Gasteiger partial charge in [-0.1, -0.05) is 62.2 Å². The molecule has 1 N–H and O–H groups in total. The zero-order valence-corrected chi connectivity index (χ0v) is 13.8. The molecule has 0 fully saturated rings. The van der Waals surface area contributed by atoms with E-state index in [2.05, 4.69) is 44.3 Å². The van der Waals surface area contributed by atoms with Crippen LogP contribution in [0.3, 0.4) is 0 Å². The number of aryl methyl sites for hydroxylation is 1. The zero-order valence-electron chi connectivity index (χ0n) is 13.8. The minimum atomic E-state index is -0.358. The number of hydrogen-bond donors (Lipinski definition) is 1. The second-order valence-corrected chi connectivity index (χ2v) is 6.21. The van der Waals surface area contributed by atoms with Crippen molar-refractivity contribution in [3.8, 4) is 0 Å². The van der Waals surface area contributed by atoms with Gasteiger partial charge in [-0.15, -0.1) is 0 Å². The van der Waals surface area contributed by atoms with Crippen LogP contribution in [0, 0.1) is 12.8 Å². The smallest absolute Gasteiger partial charge is 0.249 e. The van der Waals surface area contributed by atoms with Crippen LogP contribution in [-0.4, -0.2) is 17.7 Å². The first kappa shape index (κ1) is 15.5. The number of hydrogen-bond acceptors (Lipinski definition) is 2. The SMILES string of the molecule is CCC(C)C1N=C(c2ccccc2)c2cc(C)ccc2NC1=O. The minimum absolute atomic E-state index is 0.0182. The second-order valence-electron chi connectivity index (χ2n) is 6.21. The van der Waals surface area contributed by atoms with Crippen molar-refractivity contribution < 1.29 is 4.79 Å². The molecule has 1 heterocycles. The van der Waals surface area contributed by atoms with Crippen molar-refractivity contribution in [1.82, 2.24) is 0 Å². The number of carbonyl (C=O) groups is 1. The third-order valence-corrected chi connectivity index (χ3v) is 4.46. The van der Waals surface area contributed by atoms with Gasteiger partial charge in [0.15, 0.2) is 0 Å². The molecule has 118 valence electrons. The van der Waals surface area contributed by atoms with Crippen molar-refractivity contribution in [1.29, 1.82) is 0 Å². The number of anilines is 1. The lowest BCUT2D eigenvalue weighted by molar-refractivity contribution is -0.118. The van der Waals surface area contributed by atoms with E-state index in [0.717, 1.165) is 34.5 Å². The number of amides is 1. The number of rotatable bonds is 3. The summed E-state index contributed by atoms with van der Waals surface area (Å²) in [5.41, 5.74) is 4.94. The molecule has 3 nitrogen and oxygen atoms in total. The molecule has 1 aliphatic heterocycles. The Morgan fingerprint density at radius 1 is 1.17 bits per heavy atom. The van der Waals surface area contributed by atoms with Crippen LogP contribution in [0.25, 0.3) is 0 Å². The average molecular weight is 306 g/mol. The number of carbonyl (C=O) groups excluding carboxylic acids is 1. The van der Waals surface area contributed by atoms with Crippen molar-refractivity contribution in [2.75, 3.05) is 5.32 Å². The number of fused-ring (bicyclic) bond motifs is 1. The third kappa shape index (κ3) is 3.04. The van der Waals surface area contributed by atoms with E-state index < -0.39 is 0 Å². The van der Waals surface area contributed by atoms with E-state index in [0.29, 0.717) is 0 Å². The number of aliphatic imine (C=N–C) groups is 1. The first-order chi connectivity index (χ1) is 11.1. The van der Waals surface area contributed by atoms with Crippen LogP contribution in [0.5, 0.6) is 0 Å². The Balaban J connectivity index is 2.21. The van der Waals surface area contributed by atoms with Gasteiger partial charge in [0.25, 0.3) is 0 Å². The summed E-state index contributed by atoms with van der Waals surface area (Å²) in [6, 6.07) is 15.8. The van der Waals surface area contributed by atoms with Gasteiger partial charge in [0.2, 0.25) is 5.91 Å². The number of benzodiazepines with no additional fused rings is 1. The molecule has 3 rings (SSSR count). The van der Waals surface area contributed by atoms with Crippen LogP contribution in [0.4, 0.5) is 5.69 Å². The van der Waals surface area contributed by atoms with Gasteiger partial charge in [0.1, 0.15) is 6.04 Å². The lowest BCUT2D eigenvalue weighted by atomic mass is 9.97. The highest BCUT2D eigenvalue weighted by atomic mass is 16.2. The van der Waals surface area contributed by atoms with Crippen molar-refractivity contribution in [2.45, 2.75) is 33.2 Å². The molecule has 2 aromatic rings. The Morgan fingerprint density at radius 2 is 1.91 bits per heavy atom. The molecular weight excluding hydrogens is 284 g/mol. The summed E-state index contributed by atoms with van der Waals surface area (Å²) in [6.45, 7) is 6.23. The molecule has 0 aliphatic carbocycles. The van der Waals surface area contributed by atoms with Crippen molar-refractivity contribution >= 4 is 17.3 Å². The van der Waals surface area contributed by atoms with Crippen LogP contribution >= 0.6 is 0 Å². The maximum absolute atomic E-state index is 12.6. The quantitative estimate of drug-likeness (QED) is 0.907. The topological polar surface area (TPSA) is 41.5 Å². The lowest BCUT2D eigenvalue weighted by Crippen LogP contribution is -2.31. The molecule has 1 aliphatic rings. The number of nitrogens with zero attached hydrogens (tertiary/aromatic N) is 1. The van der Waals surface area contributed by atoms with Crippen LogP contribution < -0.4 is 5.32 Å². The van der Waals surface area contributed by atoms with Crippen LogP contribution in [-0.2, 0) is 4.79 Å². The normalized spacial score (nSPS) is 18.5. The molecule has 0 spiro atoms. The largest absolute Gasteiger partial charge is 0.324 e. The van der Waals surface area contributed by atoms with E-state index in [-0.39, 0.29) is 17.9 Å². The van der Waals surface area contributed by atoms with Crippen LogP contribution in [0.2, 0.25) is 0 Å². The maximum Gasteiger partial charge on any atom is 0.249 e. The van der Waals surface area contributed by atoms with Crippen LogP contribution in [0.15, 0.2) is 53.5 Å². The average Bonchev–Trinajstić information content (AvgIpc) is 2.71. The molecular formula is C20H22N2O. The molecule has 0 radical (unpaired) electrons. The Bertz CT molecular complexity index is 749. The molecule has 0 saturated carbocycles. The summed E-state index contributed by atoms with van der Waals surface area (Å²) in [5.74, 6) is 0.180. The first-order valence-electron chi connectivity index (χ1n) is 8.15. The van der Waals surface area contributed by atoms with Gasteiger partial charge in [-0.05, 0) is 25.0 Å². The maximum atomic E-state index is 12.6. The summed E-state index contributed by atoms with van der Waals surface area (Å²) in [5, 5.41) is 3.06. The van der Waals surface area contributed by atoms with Gasteiger partial charge in [0.05, 0.1) is 11.4 Å². The molecule has 1 amide bonds. The molecule has 0 aromatic heterocycles. The summed E-state index contributed by atoms with van der Waals surface area (Å²) in [4.78, 5) is 17.5. The highest BCUT2D eigenvalue weighted by molar-refractivity contribution is 6.19. The van der Waals surface area contributed by atoms with E-state index in [4.69, 9.17) is 4.99 Å². The van der Waals surface area contributed by atoms with Gasteiger partial charge < -0.3 is 5.32 Å². The minimum Gasteiger partial charge on any atom is -0.324 e. The molecule has 2 aromatic carbocycles. The van der Waals surface area contributed by atoms with Gasteiger partial charge in [0, 0.05) is 11.1 Å². The second kappa shape index (κ2) is 6.37. The standard InChI is InChI=1S/C20H22N2O/c1-4-14(3)18-20(23)21-17-11-10-13(2)12-16(17)19(22-18)15-8-6-5-7-9-15/h5-12,14,18H,4H2,1-3H3,(H,21,23). The van der Waals surface area contributed by atoms with E-state index in [1.54, 1.807) is 0 Å². The summed E-state index contributed by atoms with van der Waals surface area (Å²) >= 11 is 0. The highest BCUT2D eigenvalue weighted by Gasteiger charge is 2.29. The van der Waals surface area contributed by atoms with Gasteiger partial charge in [-0.2, -0.15) is 0 Å². The molecule has 23 heavy (non-hydrogen) atoms. The van der Waals surface area contributed by atoms with Crippen molar-refractivity contribution in [3.05, 3.63) is 65.2 Å². The third-order valence-electron chi connectivity index (χ3n) is 4.46. The van der Waals surface area contributed by atoms with E-state index >= 15 is 0 Å². The number of benzene rings is 2. The zero-order chi connectivity index (χ0) is 16.4. The van der Waals surface area contributed by atoms with Gasteiger partial charge >= 0.3 is 0 Å². The molecule has 3 heteroatoms. The monoisotopic (exact) mass is 306 g/mol. The molecule has 0 bridgehead atoms. The van der Waals surface area contributed by atoms with E-state index in [1.807, 2.05) is 30.3 Å². The fraction of sp³-hybridized carbons (Fsp3) is 0.300. The van der Waals surface area contributed by atoms with Crippen LogP contribution in [0.1, 0.15) is 37.0 Å². The predicted molar refractivity (Wildman–Crippen MR) is 95.1 cm³/mol.